The first-order valence-corrected chi connectivity index (χ1v) is 6.94. The van der Waals surface area contributed by atoms with Crippen molar-refractivity contribution in [2.45, 2.75) is 0 Å². The Morgan fingerprint density at radius 1 is 1.26 bits per heavy atom. The second kappa shape index (κ2) is 7.42. The van der Waals surface area contributed by atoms with Gasteiger partial charge in [0.2, 0.25) is 6.20 Å². The molecule has 0 aromatic heterocycles. The van der Waals surface area contributed by atoms with Crippen LogP contribution < -0.4 is 10.1 Å². The van der Waals surface area contributed by atoms with E-state index in [4.69, 9.17) is 16.3 Å². The van der Waals surface area contributed by atoms with Crippen LogP contribution >= 0.6 is 11.6 Å². The van der Waals surface area contributed by atoms with E-state index in [1.807, 2.05) is 0 Å². The predicted molar refractivity (Wildman–Crippen MR) is 87.6 cm³/mol. The highest BCUT2D eigenvalue weighted by molar-refractivity contribution is 6.31. The van der Waals surface area contributed by atoms with Gasteiger partial charge in [0.15, 0.2) is 5.78 Å². The molecule has 0 amide bonds. The first kappa shape index (κ1) is 16.5. The number of nitrogens with one attached hydrogen (secondary N) is 1. The Balaban J connectivity index is 2.43. The number of carbonyl (C=O) groups excluding carboxylic acids is 1. The highest BCUT2D eigenvalue weighted by Gasteiger charge is 2.17. The smallest absolute Gasteiger partial charge is 0.250 e. The molecule has 0 fully saturated rings. The van der Waals surface area contributed by atoms with Gasteiger partial charge in [0.05, 0.1) is 23.8 Å². The second-order valence-electron chi connectivity index (χ2n) is 4.46. The molecule has 2 aromatic carbocycles. The molecule has 0 aliphatic heterocycles. The Kier molecular flexibility index (Phi) is 5.32. The molecule has 0 atom stereocenters. The molecule has 0 unspecified atom stereocenters. The topological polar surface area (TPSA) is 81.5 Å². The van der Waals surface area contributed by atoms with Gasteiger partial charge in [0, 0.05) is 16.3 Å². The Labute approximate surface area is 137 Å². The summed E-state index contributed by atoms with van der Waals surface area (Å²) in [5.41, 5.74) is 1.07. The Morgan fingerprint density at radius 3 is 2.70 bits per heavy atom. The molecule has 7 heteroatoms. The molecule has 2 aromatic rings. The van der Waals surface area contributed by atoms with E-state index in [1.54, 1.807) is 36.4 Å². The third-order valence-corrected chi connectivity index (χ3v) is 3.25. The summed E-state index contributed by atoms with van der Waals surface area (Å²) < 4.78 is 5.19. The number of hydrogen-bond donors (Lipinski definition) is 1. The fourth-order valence-corrected chi connectivity index (χ4v) is 2.17. The molecule has 1 N–H and O–H groups in total. The molecule has 6 nitrogen and oxygen atoms in total. The average Bonchev–Trinajstić information content (AvgIpc) is 2.55. The number of rotatable bonds is 6. The third kappa shape index (κ3) is 4.08. The summed E-state index contributed by atoms with van der Waals surface area (Å²) in [6, 6.07) is 11.5. The third-order valence-electron chi connectivity index (χ3n) is 3.01. The number of carbonyl (C=O) groups is 1. The van der Waals surface area contributed by atoms with Crippen molar-refractivity contribution in [3.05, 3.63) is 81.1 Å². The van der Waals surface area contributed by atoms with E-state index in [0.717, 1.165) is 12.4 Å². The van der Waals surface area contributed by atoms with Crippen LogP contribution in [-0.2, 0) is 0 Å². The van der Waals surface area contributed by atoms with Crippen molar-refractivity contribution in [2.24, 2.45) is 0 Å². The van der Waals surface area contributed by atoms with Crippen molar-refractivity contribution < 1.29 is 14.5 Å². The lowest BCUT2D eigenvalue weighted by Crippen LogP contribution is -2.07. The fraction of sp³-hybridized carbons (Fsp3) is 0.0625. The number of para-hydroxylation sites is 1. The molecule has 0 aliphatic carbocycles. The zero-order valence-electron chi connectivity index (χ0n) is 12.2. The number of ether oxygens (including phenoxy) is 1. The predicted octanol–water partition coefficient (Wildman–Crippen LogP) is 3.74. The van der Waals surface area contributed by atoms with Crippen LogP contribution in [0.1, 0.15) is 15.9 Å². The minimum atomic E-state index is -0.607. The molecule has 0 saturated carbocycles. The zero-order chi connectivity index (χ0) is 16.8. The van der Waals surface area contributed by atoms with Crippen molar-refractivity contribution in [3.63, 3.8) is 0 Å². The van der Waals surface area contributed by atoms with Gasteiger partial charge in [-0.3, -0.25) is 14.9 Å². The number of anilines is 1. The molecule has 0 radical (unpaired) electrons. The van der Waals surface area contributed by atoms with Gasteiger partial charge in [-0.05, 0) is 30.3 Å². The summed E-state index contributed by atoms with van der Waals surface area (Å²) in [6.07, 6.45) is 1.88. The van der Waals surface area contributed by atoms with Crippen LogP contribution in [0.15, 0.2) is 54.9 Å². The van der Waals surface area contributed by atoms with E-state index in [0.29, 0.717) is 22.0 Å². The van der Waals surface area contributed by atoms with E-state index >= 15 is 0 Å². The van der Waals surface area contributed by atoms with Crippen LogP contribution in [0.25, 0.3) is 0 Å². The largest absolute Gasteiger partial charge is 0.496 e. The maximum absolute atomic E-state index is 12.8. The van der Waals surface area contributed by atoms with Crippen molar-refractivity contribution in [1.29, 1.82) is 0 Å². The monoisotopic (exact) mass is 332 g/mol. The molecule has 0 saturated heterocycles. The summed E-state index contributed by atoms with van der Waals surface area (Å²) in [7, 11) is 1.48. The number of hydrogen-bond acceptors (Lipinski definition) is 5. The molecule has 0 spiro atoms. The van der Waals surface area contributed by atoms with Gasteiger partial charge in [-0.1, -0.05) is 23.7 Å². The summed E-state index contributed by atoms with van der Waals surface area (Å²) in [5.74, 6) is 0.131. The molecule has 0 bridgehead atoms. The fourth-order valence-electron chi connectivity index (χ4n) is 2.00. The lowest BCUT2D eigenvalue weighted by molar-refractivity contribution is -0.402. The SMILES string of the molecule is COc1ccccc1C(=O)c1cc(Cl)ccc1N/C=C/[N+](=O)[O-]. The number of benzene rings is 2. The minimum absolute atomic E-state index is 0.287. The normalized spacial score (nSPS) is 10.5. The Hall–Kier alpha value is -2.86. The molecule has 0 heterocycles. The van der Waals surface area contributed by atoms with Gasteiger partial charge in [-0.2, -0.15) is 0 Å². The lowest BCUT2D eigenvalue weighted by atomic mass is 10.0. The van der Waals surface area contributed by atoms with Crippen molar-refractivity contribution in [2.75, 3.05) is 12.4 Å². The summed E-state index contributed by atoms with van der Waals surface area (Å²) in [4.78, 5) is 22.5. The summed E-state index contributed by atoms with van der Waals surface area (Å²) in [5, 5.41) is 13.4. The first-order valence-electron chi connectivity index (χ1n) is 6.57. The first-order chi connectivity index (χ1) is 11.0. The van der Waals surface area contributed by atoms with E-state index in [1.165, 1.54) is 13.2 Å². The van der Waals surface area contributed by atoms with E-state index in [-0.39, 0.29) is 11.3 Å². The number of methoxy groups -OCH3 is 1. The van der Waals surface area contributed by atoms with Crippen LogP contribution in [0.4, 0.5) is 5.69 Å². The van der Waals surface area contributed by atoms with E-state index in [2.05, 4.69) is 5.32 Å². The van der Waals surface area contributed by atoms with Gasteiger partial charge >= 0.3 is 0 Å². The highest BCUT2D eigenvalue weighted by atomic mass is 35.5. The van der Waals surface area contributed by atoms with Crippen LogP contribution in [0.2, 0.25) is 5.02 Å². The minimum Gasteiger partial charge on any atom is -0.496 e. The van der Waals surface area contributed by atoms with Crippen LogP contribution in [-0.4, -0.2) is 17.8 Å². The van der Waals surface area contributed by atoms with Gasteiger partial charge in [-0.25, -0.2) is 0 Å². The number of halogens is 1. The number of nitrogens with zero attached hydrogens (tertiary/aromatic N) is 1. The Bertz CT molecular complexity index is 774. The zero-order valence-corrected chi connectivity index (χ0v) is 12.9. The van der Waals surface area contributed by atoms with Crippen molar-refractivity contribution in [1.82, 2.24) is 0 Å². The summed E-state index contributed by atoms with van der Waals surface area (Å²) >= 11 is 5.97. The molecule has 2 rings (SSSR count). The van der Waals surface area contributed by atoms with Gasteiger partial charge in [-0.15, -0.1) is 0 Å². The van der Waals surface area contributed by atoms with Crippen molar-refractivity contribution >= 4 is 23.1 Å². The molecule has 0 aliphatic rings. The van der Waals surface area contributed by atoms with Gasteiger partial charge in [0.1, 0.15) is 5.75 Å². The quantitative estimate of drug-likeness (QED) is 0.495. The molecule has 118 valence electrons. The highest BCUT2D eigenvalue weighted by Crippen LogP contribution is 2.27. The second-order valence-corrected chi connectivity index (χ2v) is 4.90. The standard InChI is InChI=1S/C16H13ClN2O4/c1-23-15-5-3-2-4-12(15)16(20)13-10-11(17)6-7-14(13)18-8-9-19(21)22/h2-10,18H,1H3/b9-8+. The van der Waals surface area contributed by atoms with Crippen LogP contribution in [0.3, 0.4) is 0 Å². The van der Waals surface area contributed by atoms with Gasteiger partial charge in [0.25, 0.3) is 0 Å². The van der Waals surface area contributed by atoms with Crippen LogP contribution in [0, 0.1) is 10.1 Å². The lowest BCUT2D eigenvalue weighted by Gasteiger charge is -2.11. The number of ketones is 1. The van der Waals surface area contributed by atoms with E-state index in [9.17, 15) is 14.9 Å². The number of nitro groups is 1. The van der Waals surface area contributed by atoms with Crippen molar-refractivity contribution in [3.8, 4) is 5.75 Å². The molecule has 23 heavy (non-hydrogen) atoms. The molecular weight excluding hydrogens is 320 g/mol. The maximum Gasteiger partial charge on any atom is 0.250 e. The molecular formula is C16H13ClN2O4. The summed E-state index contributed by atoms with van der Waals surface area (Å²) in [6.45, 7) is 0. The average molecular weight is 333 g/mol. The van der Waals surface area contributed by atoms with E-state index < -0.39 is 4.92 Å². The van der Waals surface area contributed by atoms with Gasteiger partial charge < -0.3 is 10.1 Å². The van der Waals surface area contributed by atoms with Crippen LogP contribution in [0.5, 0.6) is 5.75 Å². The Morgan fingerprint density at radius 2 is 2.00 bits per heavy atom. The maximum atomic E-state index is 12.8.